The molecule has 2 aromatic rings. The first-order chi connectivity index (χ1) is 9.84. The highest BCUT2D eigenvalue weighted by Gasteiger charge is 2.12. The molecule has 0 aliphatic heterocycles. The number of hydrogen-bond donors (Lipinski definition) is 4. The Hall–Kier alpha value is -2.52. The summed E-state index contributed by atoms with van der Waals surface area (Å²) in [5.74, 6) is 0.429. The van der Waals surface area contributed by atoms with E-state index in [4.69, 9.17) is 15.3 Å². The zero-order valence-electron chi connectivity index (χ0n) is 10.9. The van der Waals surface area contributed by atoms with E-state index in [2.05, 4.69) is 10.6 Å². The molecule has 0 spiro atoms. The van der Waals surface area contributed by atoms with Crippen molar-refractivity contribution in [2.24, 2.45) is 10.9 Å². The molecule has 8 nitrogen and oxygen atoms in total. The average molecular weight is 310 g/mol. The molecular formula is C12H14N4O4S. The third-order valence-electron chi connectivity index (χ3n) is 2.54. The molecule has 0 bridgehead atoms. The monoisotopic (exact) mass is 310 g/mol. The highest BCUT2D eigenvalue weighted by molar-refractivity contribution is 7.89. The molecule has 0 saturated heterocycles. The SMILES string of the molecule is NC(=O)Nc1ccc(NCc2ccc(S(N)(=O)=O)o2)cc1. The minimum Gasteiger partial charge on any atom is -0.446 e. The molecule has 0 saturated carbocycles. The lowest BCUT2D eigenvalue weighted by atomic mass is 10.2. The van der Waals surface area contributed by atoms with Crippen LogP contribution in [0.4, 0.5) is 16.2 Å². The van der Waals surface area contributed by atoms with Gasteiger partial charge in [-0.2, -0.15) is 0 Å². The smallest absolute Gasteiger partial charge is 0.316 e. The number of nitrogens with one attached hydrogen (secondary N) is 2. The van der Waals surface area contributed by atoms with Crippen molar-refractivity contribution in [3.63, 3.8) is 0 Å². The molecule has 112 valence electrons. The van der Waals surface area contributed by atoms with E-state index in [9.17, 15) is 13.2 Å². The largest absolute Gasteiger partial charge is 0.446 e. The van der Waals surface area contributed by atoms with Gasteiger partial charge in [0.25, 0.3) is 10.0 Å². The fraction of sp³-hybridized carbons (Fsp3) is 0.0833. The lowest BCUT2D eigenvalue weighted by Crippen LogP contribution is -2.19. The Kier molecular flexibility index (Phi) is 4.15. The Morgan fingerprint density at radius 1 is 1.10 bits per heavy atom. The second-order valence-electron chi connectivity index (χ2n) is 4.19. The van der Waals surface area contributed by atoms with Gasteiger partial charge in [0.15, 0.2) is 0 Å². The number of primary sulfonamides is 1. The minimum atomic E-state index is -3.83. The summed E-state index contributed by atoms with van der Waals surface area (Å²) in [7, 11) is -3.83. The van der Waals surface area contributed by atoms with Crippen LogP contribution in [-0.2, 0) is 16.6 Å². The summed E-state index contributed by atoms with van der Waals surface area (Å²) in [5.41, 5.74) is 6.33. The van der Waals surface area contributed by atoms with Gasteiger partial charge in [-0.05, 0) is 36.4 Å². The Morgan fingerprint density at radius 2 is 1.71 bits per heavy atom. The fourth-order valence-corrected chi connectivity index (χ4v) is 2.09. The highest BCUT2D eigenvalue weighted by atomic mass is 32.2. The molecule has 0 aliphatic rings. The van der Waals surface area contributed by atoms with Crippen LogP contribution in [-0.4, -0.2) is 14.4 Å². The number of amides is 2. The van der Waals surface area contributed by atoms with E-state index >= 15 is 0 Å². The maximum absolute atomic E-state index is 11.1. The molecule has 1 aromatic carbocycles. The first-order valence-electron chi connectivity index (χ1n) is 5.86. The highest BCUT2D eigenvalue weighted by Crippen LogP contribution is 2.16. The normalized spacial score (nSPS) is 11.1. The predicted molar refractivity (Wildman–Crippen MR) is 77.1 cm³/mol. The van der Waals surface area contributed by atoms with E-state index in [0.717, 1.165) is 5.69 Å². The first kappa shape index (κ1) is 14.9. The lowest BCUT2D eigenvalue weighted by molar-refractivity contribution is 0.259. The van der Waals surface area contributed by atoms with E-state index in [1.54, 1.807) is 24.3 Å². The van der Waals surface area contributed by atoms with Crippen molar-refractivity contribution in [2.45, 2.75) is 11.6 Å². The molecule has 0 radical (unpaired) electrons. The van der Waals surface area contributed by atoms with Crippen LogP contribution in [0.1, 0.15) is 5.76 Å². The number of sulfonamides is 1. The maximum Gasteiger partial charge on any atom is 0.316 e. The van der Waals surface area contributed by atoms with Crippen LogP contribution in [0.2, 0.25) is 0 Å². The van der Waals surface area contributed by atoms with E-state index in [1.165, 1.54) is 12.1 Å². The first-order valence-corrected chi connectivity index (χ1v) is 7.41. The Bertz CT molecular complexity index is 737. The topological polar surface area (TPSA) is 140 Å². The Morgan fingerprint density at radius 3 is 2.24 bits per heavy atom. The van der Waals surface area contributed by atoms with Crippen molar-refractivity contribution in [1.29, 1.82) is 0 Å². The molecular weight excluding hydrogens is 296 g/mol. The van der Waals surface area contributed by atoms with Crippen molar-refractivity contribution in [3.8, 4) is 0 Å². The van der Waals surface area contributed by atoms with Crippen molar-refractivity contribution in [1.82, 2.24) is 0 Å². The van der Waals surface area contributed by atoms with Crippen LogP contribution >= 0.6 is 0 Å². The summed E-state index contributed by atoms with van der Waals surface area (Å²) in [4.78, 5) is 10.7. The summed E-state index contributed by atoms with van der Waals surface area (Å²) < 4.78 is 27.2. The van der Waals surface area contributed by atoms with Gasteiger partial charge in [0.05, 0.1) is 6.54 Å². The number of carbonyl (C=O) groups is 1. The van der Waals surface area contributed by atoms with E-state index in [0.29, 0.717) is 11.4 Å². The van der Waals surface area contributed by atoms with Gasteiger partial charge in [-0.3, -0.25) is 0 Å². The summed E-state index contributed by atoms with van der Waals surface area (Å²) in [6, 6.07) is 8.99. The quantitative estimate of drug-likeness (QED) is 0.652. The molecule has 1 aromatic heterocycles. The van der Waals surface area contributed by atoms with Crippen LogP contribution in [0.25, 0.3) is 0 Å². The molecule has 9 heteroatoms. The number of hydrogen-bond acceptors (Lipinski definition) is 5. The number of primary amides is 1. The molecule has 0 fully saturated rings. The van der Waals surface area contributed by atoms with Gasteiger partial charge in [-0.1, -0.05) is 0 Å². The summed E-state index contributed by atoms with van der Waals surface area (Å²) in [6.07, 6.45) is 0. The van der Waals surface area contributed by atoms with Crippen LogP contribution in [0.3, 0.4) is 0 Å². The van der Waals surface area contributed by atoms with Gasteiger partial charge in [0.2, 0.25) is 5.09 Å². The standard InChI is InChI=1S/C12H14N4O4S/c13-12(17)16-9-3-1-8(2-4-9)15-7-10-5-6-11(20-10)21(14,18)19/h1-6,15H,7H2,(H3,13,16,17)(H2,14,18,19). The van der Waals surface area contributed by atoms with Gasteiger partial charge < -0.3 is 20.8 Å². The number of urea groups is 1. The number of anilines is 2. The molecule has 2 amide bonds. The van der Waals surface area contributed by atoms with Crippen LogP contribution in [0.5, 0.6) is 0 Å². The van der Waals surface area contributed by atoms with Crippen molar-refractivity contribution >= 4 is 27.4 Å². The number of furan rings is 1. The molecule has 0 aliphatic carbocycles. The Labute approximate surface area is 121 Å². The van der Waals surface area contributed by atoms with Crippen molar-refractivity contribution in [2.75, 3.05) is 10.6 Å². The summed E-state index contributed by atoms with van der Waals surface area (Å²) >= 11 is 0. The molecule has 6 N–H and O–H groups in total. The molecule has 2 rings (SSSR count). The number of benzene rings is 1. The molecule has 1 heterocycles. The van der Waals surface area contributed by atoms with Crippen molar-refractivity contribution < 1.29 is 17.6 Å². The van der Waals surface area contributed by atoms with Crippen LogP contribution in [0, 0.1) is 0 Å². The van der Waals surface area contributed by atoms with Crippen molar-refractivity contribution in [3.05, 3.63) is 42.2 Å². The average Bonchev–Trinajstić information content (AvgIpc) is 2.86. The lowest BCUT2D eigenvalue weighted by Gasteiger charge is -2.06. The van der Waals surface area contributed by atoms with Crippen LogP contribution in [0.15, 0.2) is 45.9 Å². The third-order valence-corrected chi connectivity index (χ3v) is 3.32. The van der Waals surface area contributed by atoms with E-state index in [-0.39, 0.29) is 11.6 Å². The number of carbonyl (C=O) groups excluding carboxylic acids is 1. The molecule has 0 atom stereocenters. The minimum absolute atomic E-state index is 0.277. The summed E-state index contributed by atoms with van der Waals surface area (Å²) in [5, 5.41) is 10.1. The maximum atomic E-state index is 11.1. The van der Waals surface area contributed by atoms with Gasteiger partial charge in [-0.15, -0.1) is 0 Å². The second-order valence-corrected chi connectivity index (χ2v) is 5.68. The zero-order valence-corrected chi connectivity index (χ0v) is 11.7. The molecule has 21 heavy (non-hydrogen) atoms. The second kappa shape index (κ2) is 5.85. The molecule has 0 unspecified atom stereocenters. The van der Waals surface area contributed by atoms with E-state index < -0.39 is 16.1 Å². The summed E-state index contributed by atoms with van der Waals surface area (Å²) in [6.45, 7) is 0.290. The van der Waals surface area contributed by atoms with Gasteiger partial charge in [-0.25, -0.2) is 18.4 Å². The van der Waals surface area contributed by atoms with Gasteiger partial charge in [0, 0.05) is 11.4 Å². The number of rotatable bonds is 5. The van der Waals surface area contributed by atoms with Gasteiger partial charge in [0.1, 0.15) is 5.76 Å². The zero-order chi connectivity index (χ0) is 15.5. The van der Waals surface area contributed by atoms with Gasteiger partial charge >= 0.3 is 6.03 Å². The third kappa shape index (κ3) is 4.23. The predicted octanol–water partition coefficient (Wildman–Crippen LogP) is 1.03. The number of nitrogens with two attached hydrogens (primary N) is 2. The van der Waals surface area contributed by atoms with Crippen LogP contribution < -0.4 is 21.5 Å². The Balaban J connectivity index is 1.97. The van der Waals surface area contributed by atoms with E-state index in [1.807, 2.05) is 0 Å². The fourth-order valence-electron chi connectivity index (χ4n) is 1.61.